The summed E-state index contributed by atoms with van der Waals surface area (Å²) in [5, 5.41) is 12.3. The maximum Gasteiger partial charge on any atom is 0.490 e. The van der Waals surface area contributed by atoms with Crippen molar-refractivity contribution in [3.63, 3.8) is 0 Å². The lowest BCUT2D eigenvalue weighted by atomic mass is 9.96. The van der Waals surface area contributed by atoms with Gasteiger partial charge in [-0.2, -0.15) is 8.62 Å². The molecule has 2 aromatic carbocycles. The maximum absolute atomic E-state index is 11.8. The van der Waals surface area contributed by atoms with Gasteiger partial charge in [0.05, 0.1) is 18.8 Å². The standard InChI is InChI=1S/C16H21O12P3/c1-10-6-11-4-2-3-5-12(11)7-13(10)15-8-14(17)16(26-15)9-25-30(21,22)28-31(23,24)27-29(18,19)20/h2-7,14-17H,8-9H2,1H3,(H,21,22)(H,23,24)(H2,18,19,20)/t14-,15-,16-/m1/s1. The number of ether oxygens (including phenoxy) is 1. The van der Waals surface area contributed by atoms with Crippen molar-refractivity contribution in [2.24, 2.45) is 0 Å². The molecule has 3 rings (SSSR count). The molecule has 1 aliphatic rings. The van der Waals surface area contributed by atoms with Crippen LogP contribution in [0.25, 0.3) is 10.8 Å². The summed E-state index contributed by atoms with van der Waals surface area (Å²) in [6.07, 6.45) is -2.51. The highest BCUT2D eigenvalue weighted by atomic mass is 31.3. The van der Waals surface area contributed by atoms with Gasteiger partial charge in [0.15, 0.2) is 0 Å². The highest BCUT2D eigenvalue weighted by Gasteiger charge is 2.42. The van der Waals surface area contributed by atoms with Crippen LogP contribution >= 0.6 is 23.5 Å². The zero-order chi connectivity index (χ0) is 23.0. The Kier molecular flexibility index (Phi) is 7.25. The Morgan fingerprint density at radius 1 is 1.00 bits per heavy atom. The molecule has 172 valence electrons. The Morgan fingerprint density at radius 3 is 2.23 bits per heavy atom. The Balaban J connectivity index is 1.65. The van der Waals surface area contributed by atoms with Crippen LogP contribution in [0, 0.1) is 6.92 Å². The lowest BCUT2D eigenvalue weighted by Crippen LogP contribution is -2.26. The zero-order valence-electron chi connectivity index (χ0n) is 16.0. The Labute approximate surface area is 176 Å². The molecule has 31 heavy (non-hydrogen) atoms. The highest BCUT2D eigenvalue weighted by molar-refractivity contribution is 7.66. The Morgan fingerprint density at radius 2 is 1.61 bits per heavy atom. The van der Waals surface area contributed by atoms with Gasteiger partial charge < -0.3 is 29.4 Å². The number of hydrogen-bond donors (Lipinski definition) is 5. The fourth-order valence-corrected chi connectivity index (χ4v) is 6.30. The smallest absolute Gasteiger partial charge is 0.390 e. The number of benzene rings is 2. The summed E-state index contributed by atoms with van der Waals surface area (Å²) in [6, 6.07) is 11.6. The van der Waals surface area contributed by atoms with Crippen LogP contribution in [0.5, 0.6) is 0 Å². The van der Waals surface area contributed by atoms with E-state index in [1.54, 1.807) is 0 Å². The minimum atomic E-state index is -5.61. The third kappa shape index (κ3) is 6.76. The lowest BCUT2D eigenvalue weighted by molar-refractivity contribution is -0.0221. The zero-order valence-corrected chi connectivity index (χ0v) is 18.7. The fraction of sp³-hybridized carbons (Fsp3) is 0.375. The maximum atomic E-state index is 11.8. The van der Waals surface area contributed by atoms with Crippen LogP contribution in [0.15, 0.2) is 36.4 Å². The number of phosphoric acid groups is 3. The lowest BCUT2D eigenvalue weighted by Gasteiger charge is -2.19. The largest absolute Gasteiger partial charge is 0.490 e. The van der Waals surface area contributed by atoms with Crippen LogP contribution in [0.2, 0.25) is 0 Å². The second-order valence-corrected chi connectivity index (χ2v) is 11.3. The van der Waals surface area contributed by atoms with Gasteiger partial charge >= 0.3 is 23.5 Å². The molecule has 0 amide bonds. The monoisotopic (exact) mass is 498 g/mol. The molecular formula is C16H21O12P3. The molecule has 0 spiro atoms. The van der Waals surface area contributed by atoms with E-state index in [9.17, 15) is 23.7 Å². The second kappa shape index (κ2) is 9.11. The molecular weight excluding hydrogens is 477 g/mol. The fourth-order valence-electron chi connectivity index (χ4n) is 3.27. The minimum Gasteiger partial charge on any atom is -0.390 e. The van der Waals surface area contributed by atoms with Crippen LogP contribution in [-0.2, 0) is 31.6 Å². The molecule has 0 aliphatic carbocycles. The molecule has 2 unspecified atom stereocenters. The van der Waals surface area contributed by atoms with Crippen LogP contribution < -0.4 is 0 Å². The van der Waals surface area contributed by atoms with E-state index in [0.29, 0.717) is 0 Å². The Bertz CT molecular complexity index is 1100. The highest BCUT2D eigenvalue weighted by Crippen LogP contribution is 2.66. The van der Waals surface area contributed by atoms with Gasteiger partial charge in [-0.15, -0.1) is 0 Å². The first-order valence-electron chi connectivity index (χ1n) is 8.86. The average Bonchev–Trinajstić information content (AvgIpc) is 2.97. The van der Waals surface area contributed by atoms with E-state index >= 15 is 0 Å². The van der Waals surface area contributed by atoms with E-state index in [4.69, 9.17) is 19.4 Å². The van der Waals surface area contributed by atoms with Crippen molar-refractivity contribution in [1.82, 2.24) is 0 Å². The van der Waals surface area contributed by atoms with Crippen LogP contribution in [-0.4, -0.2) is 43.5 Å². The summed E-state index contributed by atoms with van der Waals surface area (Å²) in [5.41, 5.74) is 1.74. The number of fused-ring (bicyclic) bond motifs is 1. The van der Waals surface area contributed by atoms with E-state index in [0.717, 1.165) is 21.9 Å². The SMILES string of the molecule is Cc1cc2ccccc2cc1[C@H]1C[C@@H](O)[C@@H](COP(=O)(O)OP(=O)(O)OP(=O)(O)O)O1. The number of hydrogen-bond acceptors (Lipinski definition) is 8. The van der Waals surface area contributed by atoms with Gasteiger partial charge in [0, 0.05) is 6.42 Å². The molecule has 5 N–H and O–H groups in total. The first-order chi connectivity index (χ1) is 14.2. The summed E-state index contributed by atoms with van der Waals surface area (Å²) < 4.78 is 51.4. The molecule has 1 saturated heterocycles. The van der Waals surface area contributed by atoms with E-state index in [1.165, 1.54) is 0 Å². The average molecular weight is 498 g/mol. The van der Waals surface area contributed by atoms with E-state index < -0.39 is 48.4 Å². The normalized spacial score (nSPS) is 25.9. The number of aryl methyl sites for hydroxylation is 1. The predicted molar refractivity (Wildman–Crippen MR) is 107 cm³/mol. The van der Waals surface area contributed by atoms with Gasteiger partial charge in [0.1, 0.15) is 6.10 Å². The molecule has 1 aliphatic heterocycles. The van der Waals surface area contributed by atoms with Crippen molar-refractivity contribution in [1.29, 1.82) is 0 Å². The number of aliphatic hydroxyl groups excluding tert-OH is 1. The third-order valence-corrected chi connectivity index (χ3v) is 8.33. The van der Waals surface area contributed by atoms with Gasteiger partial charge in [-0.25, -0.2) is 13.7 Å². The van der Waals surface area contributed by atoms with Gasteiger partial charge in [0.25, 0.3) is 0 Å². The molecule has 2 aromatic rings. The molecule has 0 radical (unpaired) electrons. The van der Waals surface area contributed by atoms with Gasteiger partial charge in [0.2, 0.25) is 0 Å². The molecule has 12 nitrogen and oxygen atoms in total. The molecule has 0 aromatic heterocycles. The van der Waals surface area contributed by atoms with Crippen LogP contribution in [0.1, 0.15) is 23.7 Å². The molecule has 0 saturated carbocycles. The van der Waals surface area contributed by atoms with E-state index in [2.05, 4.69) is 13.1 Å². The van der Waals surface area contributed by atoms with Crippen LogP contribution in [0.3, 0.4) is 0 Å². The number of aliphatic hydroxyl groups is 1. The molecule has 1 heterocycles. The van der Waals surface area contributed by atoms with E-state index in [1.807, 2.05) is 43.3 Å². The summed E-state index contributed by atoms with van der Waals surface area (Å²) in [7, 11) is -16.4. The molecule has 0 bridgehead atoms. The predicted octanol–water partition coefficient (Wildman–Crippen LogP) is 2.68. The first-order valence-corrected chi connectivity index (χ1v) is 13.4. The molecule has 15 heteroatoms. The minimum absolute atomic E-state index is 0.170. The number of phosphoric ester groups is 1. The Hall–Kier alpha value is -0.970. The van der Waals surface area contributed by atoms with E-state index in [-0.39, 0.29) is 6.42 Å². The topological polar surface area (TPSA) is 189 Å². The van der Waals surface area contributed by atoms with Crippen molar-refractivity contribution < 1.29 is 56.3 Å². The van der Waals surface area contributed by atoms with Crippen LogP contribution in [0.4, 0.5) is 0 Å². The van der Waals surface area contributed by atoms with Gasteiger partial charge in [-0.05, 0) is 34.9 Å². The van der Waals surface area contributed by atoms with Gasteiger partial charge in [-0.1, -0.05) is 30.3 Å². The van der Waals surface area contributed by atoms with Crippen molar-refractivity contribution in [2.75, 3.05) is 6.61 Å². The van der Waals surface area contributed by atoms with Crippen molar-refractivity contribution >= 4 is 34.2 Å². The summed E-state index contributed by atoms with van der Waals surface area (Å²) >= 11 is 0. The van der Waals surface area contributed by atoms with Crippen molar-refractivity contribution in [3.05, 3.63) is 47.5 Å². The van der Waals surface area contributed by atoms with Crippen molar-refractivity contribution in [3.8, 4) is 0 Å². The first kappa shape index (κ1) is 24.7. The summed E-state index contributed by atoms with van der Waals surface area (Å²) in [6.45, 7) is 1.19. The third-order valence-electron chi connectivity index (χ3n) is 4.52. The summed E-state index contributed by atoms with van der Waals surface area (Å²) in [5.74, 6) is 0. The number of rotatable bonds is 8. The quantitative estimate of drug-likeness (QED) is 0.335. The van der Waals surface area contributed by atoms with Gasteiger partial charge in [-0.3, -0.25) is 4.52 Å². The summed E-state index contributed by atoms with van der Waals surface area (Å²) in [4.78, 5) is 35.8. The molecule has 1 fully saturated rings. The molecule has 5 atom stereocenters. The second-order valence-electron chi connectivity index (χ2n) is 6.91. The van der Waals surface area contributed by atoms with Crippen molar-refractivity contribution in [2.45, 2.75) is 31.7 Å².